The molecule has 132 valence electrons. The van der Waals surface area contributed by atoms with E-state index in [4.69, 9.17) is 23.2 Å². The molecule has 1 fully saturated rings. The van der Waals surface area contributed by atoms with Crippen LogP contribution in [0.1, 0.15) is 35.3 Å². The number of rotatable bonds is 5. The van der Waals surface area contributed by atoms with Gasteiger partial charge in [-0.2, -0.15) is 0 Å². The van der Waals surface area contributed by atoms with Gasteiger partial charge in [0, 0.05) is 29.7 Å². The van der Waals surface area contributed by atoms with Crippen molar-refractivity contribution in [1.82, 2.24) is 9.88 Å². The SMILES string of the molecule is O=C(c1ccc(NCCc2ccc(Cl)cc2Cl)cn1)N1CCCCC1. The van der Waals surface area contributed by atoms with Crippen molar-refractivity contribution in [3.05, 3.63) is 57.8 Å². The van der Waals surface area contributed by atoms with E-state index in [0.717, 1.165) is 50.1 Å². The Hall–Kier alpha value is -1.78. The number of nitrogens with one attached hydrogen (secondary N) is 1. The lowest BCUT2D eigenvalue weighted by molar-refractivity contribution is 0.0718. The first-order chi connectivity index (χ1) is 12.1. The van der Waals surface area contributed by atoms with Crippen molar-refractivity contribution in [2.75, 3.05) is 25.0 Å². The van der Waals surface area contributed by atoms with Crippen molar-refractivity contribution >= 4 is 34.8 Å². The van der Waals surface area contributed by atoms with Crippen LogP contribution in [0.3, 0.4) is 0 Å². The fraction of sp³-hybridized carbons (Fsp3) is 0.368. The van der Waals surface area contributed by atoms with Gasteiger partial charge in [-0.1, -0.05) is 29.3 Å². The van der Waals surface area contributed by atoms with E-state index in [1.807, 2.05) is 23.1 Å². The van der Waals surface area contributed by atoms with Gasteiger partial charge in [0.15, 0.2) is 0 Å². The van der Waals surface area contributed by atoms with Crippen LogP contribution in [-0.2, 0) is 6.42 Å². The van der Waals surface area contributed by atoms with E-state index >= 15 is 0 Å². The Bertz CT molecular complexity index is 728. The summed E-state index contributed by atoms with van der Waals surface area (Å²) in [4.78, 5) is 18.6. The van der Waals surface area contributed by atoms with Gasteiger partial charge in [-0.3, -0.25) is 4.79 Å². The number of carbonyl (C=O) groups excluding carboxylic acids is 1. The minimum absolute atomic E-state index is 0.0270. The maximum absolute atomic E-state index is 12.4. The number of benzene rings is 1. The summed E-state index contributed by atoms with van der Waals surface area (Å²) in [6.45, 7) is 2.40. The predicted octanol–water partition coefficient (Wildman–Crippen LogP) is 4.67. The van der Waals surface area contributed by atoms with Crippen molar-refractivity contribution in [1.29, 1.82) is 0 Å². The summed E-state index contributed by atoms with van der Waals surface area (Å²) in [5, 5.41) is 4.62. The summed E-state index contributed by atoms with van der Waals surface area (Å²) < 4.78 is 0. The van der Waals surface area contributed by atoms with E-state index in [0.29, 0.717) is 15.7 Å². The van der Waals surface area contributed by atoms with Crippen molar-refractivity contribution in [2.24, 2.45) is 0 Å². The molecule has 1 amide bonds. The minimum Gasteiger partial charge on any atom is -0.383 e. The molecule has 2 aromatic rings. The molecule has 0 unspecified atom stereocenters. The van der Waals surface area contributed by atoms with Crippen molar-refractivity contribution in [3.63, 3.8) is 0 Å². The molecule has 0 bridgehead atoms. The highest BCUT2D eigenvalue weighted by molar-refractivity contribution is 6.35. The Morgan fingerprint density at radius 3 is 2.60 bits per heavy atom. The fourth-order valence-corrected chi connectivity index (χ4v) is 3.45. The fourth-order valence-electron chi connectivity index (χ4n) is 2.95. The van der Waals surface area contributed by atoms with E-state index in [9.17, 15) is 4.79 Å². The van der Waals surface area contributed by atoms with Gasteiger partial charge in [0.25, 0.3) is 5.91 Å². The maximum Gasteiger partial charge on any atom is 0.272 e. The summed E-state index contributed by atoms with van der Waals surface area (Å²) in [6, 6.07) is 9.21. The smallest absolute Gasteiger partial charge is 0.272 e. The second-order valence-corrected chi connectivity index (χ2v) is 7.04. The molecule has 1 aromatic carbocycles. The Balaban J connectivity index is 1.53. The third kappa shape index (κ3) is 4.86. The van der Waals surface area contributed by atoms with Crippen LogP contribution in [0.15, 0.2) is 36.5 Å². The van der Waals surface area contributed by atoms with Crippen LogP contribution in [0.2, 0.25) is 10.0 Å². The summed E-state index contributed by atoms with van der Waals surface area (Å²) in [5.41, 5.74) is 2.44. The van der Waals surface area contributed by atoms with Crippen LogP contribution in [0, 0.1) is 0 Å². The van der Waals surface area contributed by atoms with Gasteiger partial charge >= 0.3 is 0 Å². The number of pyridine rings is 1. The van der Waals surface area contributed by atoms with Crippen molar-refractivity contribution in [3.8, 4) is 0 Å². The number of nitrogens with zero attached hydrogens (tertiary/aromatic N) is 2. The van der Waals surface area contributed by atoms with Crippen LogP contribution in [0.5, 0.6) is 0 Å². The standard InChI is InChI=1S/C19H21Cl2N3O/c20-15-5-4-14(17(21)12-15)8-9-22-16-6-7-18(23-13-16)19(25)24-10-2-1-3-11-24/h4-7,12-13,22H,1-3,8-11H2. The van der Waals surface area contributed by atoms with Gasteiger partial charge in [-0.25, -0.2) is 4.98 Å². The van der Waals surface area contributed by atoms with Gasteiger partial charge in [-0.15, -0.1) is 0 Å². The number of anilines is 1. The van der Waals surface area contributed by atoms with Crippen molar-refractivity contribution in [2.45, 2.75) is 25.7 Å². The van der Waals surface area contributed by atoms with Crippen LogP contribution in [0.25, 0.3) is 0 Å². The number of hydrogen-bond donors (Lipinski definition) is 1. The number of halogens is 2. The highest BCUT2D eigenvalue weighted by atomic mass is 35.5. The molecule has 25 heavy (non-hydrogen) atoms. The Kier molecular flexibility index (Phi) is 6.16. The molecule has 6 heteroatoms. The molecule has 0 aliphatic carbocycles. The topological polar surface area (TPSA) is 45.2 Å². The molecule has 1 aromatic heterocycles. The van der Waals surface area contributed by atoms with E-state index in [-0.39, 0.29) is 5.91 Å². The number of piperidine rings is 1. The number of aromatic nitrogens is 1. The van der Waals surface area contributed by atoms with Gasteiger partial charge in [0.1, 0.15) is 5.69 Å². The van der Waals surface area contributed by atoms with E-state index in [2.05, 4.69) is 10.3 Å². The van der Waals surface area contributed by atoms with E-state index in [1.54, 1.807) is 18.3 Å². The molecule has 0 saturated carbocycles. The molecular weight excluding hydrogens is 357 g/mol. The second kappa shape index (κ2) is 8.54. The monoisotopic (exact) mass is 377 g/mol. The maximum atomic E-state index is 12.4. The van der Waals surface area contributed by atoms with Gasteiger partial charge in [0.2, 0.25) is 0 Å². The van der Waals surface area contributed by atoms with Crippen LogP contribution in [-0.4, -0.2) is 35.4 Å². The molecule has 4 nitrogen and oxygen atoms in total. The summed E-state index contributed by atoms with van der Waals surface area (Å²) >= 11 is 12.1. The summed E-state index contributed by atoms with van der Waals surface area (Å²) in [5.74, 6) is 0.0270. The molecule has 1 aliphatic heterocycles. The first kappa shape index (κ1) is 18.0. The van der Waals surface area contributed by atoms with Gasteiger partial charge in [0.05, 0.1) is 11.9 Å². The van der Waals surface area contributed by atoms with E-state index < -0.39 is 0 Å². The molecule has 0 spiro atoms. The third-order valence-corrected chi connectivity index (χ3v) is 4.95. The Morgan fingerprint density at radius 2 is 1.92 bits per heavy atom. The van der Waals surface area contributed by atoms with Crippen LogP contribution >= 0.6 is 23.2 Å². The zero-order valence-electron chi connectivity index (χ0n) is 14.0. The zero-order valence-corrected chi connectivity index (χ0v) is 15.5. The first-order valence-electron chi connectivity index (χ1n) is 8.56. The molecule has 0 atom stereocenters. The lowest BCUT2D eigenvalue weighted by Crippen LogP contribution is -2.36. The Labute approximate surface area is 158 Å². The minimum atomic E-state index is 0.0270. The third-order valence-electron chi connectivity index (χ3n) is 4.36. The molecule has 2 heterocycles. The number of hydrogen-bond acceptors (Lipinski definition) is 3. The van der Waals surface area contributed by atoms with Crippen LogP contribution in [0.4, 0.5) is 5.69 Å². The predicted molar refractivity (Wildman–Crippen MR) is 103 cm³/mol. The van der Waals surface area contributed by atoms with E-state index in [1.165, 1.54) is 6.42 Å². The molecule has 1 saturated heterocycles. The quantitative estimate of drug-likeness (QED) is 0.823. The molecule has 0 radical (unpaired) electrons. The summed E-state index contributed by atoms with van der Waals surface area (Å²) in [7, 11) is 0. The lowest BCUT2D eigenvalue weighted by Gasteiger charge is -2.26. The highest BCUT2D eigenvalue weighted by Crippen LogP contribution is 2.21. The van der Waals surface area contributed by atoms with Gasteiger partial charge in [-0.05, 0) is 55.5 Å². The van der Waals surface area contributed by atoms with Crippen molar-refractivity contribution < 1.29 is 4.79 Å². The molecule has 3 rings (SSSR count). The average Bonchev–Trinajstić information content (AvgIpc) is 2.64. The lowest BCUT2D eigenvalue weighted by atomic mass is 10.1. The molecular formula is C19H21Cl2N3O. The molecule has 1 N–H and O–H groups in total. The summed E-state index contributed by atoms with van der Waals surface area (Å²) in [6.07, 6.45) is 5.86. The normalized spacial score (nSPS) is 14.4. The highest BCUT2D eigenvalue weighted by Gasteiger charge is 2.18. The second-order valence-electron chi connectivity index (χ2n) is 6.20. The largest absolute Gasteiger partial charge is 0.383 e. The zero-order chi connectivity index (χ0) is 17.6. The number of likely N-dealkylation sites (tertiary alicyclic amines) is 1. The van der Waals surface area contributed by atoms with Gasteiger partial charge < -0.3 is 10.2 Å². The Morgan fingerprint density at radius 1 is 1.12 bits per heavy atom. The van der Waals surface area contributed by atoms with Crippen LogP contribution < -0.4 is 5.32 Å². The molecule has 1 aliphatic rings. The average molecular weight is 378 g/mol. The number of amides is 1. The number of carbonyl (C=O) groups is 1. The first-order valence-corrected chi connectivity index (χ1v) is 9.32.